The van der Waals surface area contributed by atoms with Crippen LogP contribution in [0.25, 0.3) is 0 Å². The van der Waals surface area contributed by atoms with Gasteiger partial charge in [-0.2, -0.15) is 0 Å². The topological polar surface area (TPSA) is 72.5 Å². The van der Waals surface area contributed by atoms with Crippen molar-refractivity contribution in [1.29, 1.82) is 0 Å². The lowest BCUT2D eigenvalue weighted by Gasteiger charge is -2.57. The van der Waals surface area contributed by atoms with E-state index < -0.39 is 12.1 Å². The van der Waals surface area contributed by atoms with E-state index in [1.165, 1.54) is 30.6 Å². The summed E-state index contributed by atoms with van der Waals surface area (Å²) in [6.45, 7) is 1.61. The molecule has 4 saturated carbocycles. The van der Waals surface area contributed by atoms with E-state index in [-0.39, 0.29) is 30.1 Å². The lowest BCUT2D eigenvalue weighted by atomic mass is 9.53. The highest BCUT2D eigenvalue weighted by molar-refractivity contribution is 7.18. The van der Waals surface area contributed by atoms with Gasteiger partial charge >= 0.3 is 5.97 Å². The highest BCUT2D eigenvalue weighted by Crippen LogP contribution is 2.55. The van der Waals surface area contributed by atoms with Gasteiger partial charge in [0.05, 0.1) is 15.6 Å². The molecule has 1 aromatic rings. The quantitative estimate of drug-likeness (QED) is 0.521. The Morgan fingerprint density at radius 2 is 1.75 bits per heavy atom. The van der Waals surface area contributed by atoms with Gasteiger partial charge in [0.15, 0.2) is 11.9 Å². The molecule has 7 heteroatoms. The Bertz CT molecular complexity index is 754. The van der Waals surface area contributed by atoms with Crippen LogP contribution in [0.4, 0.5) is 0 Å². The standard InChI is InChI=1S/C21H26ClNO4S/c1-12(27-19(25)5-2-16(24)17-3-4-18(22)28-17)20(26)23-21-9-13-6-14(10-21)8-15(7-13)11-21/h3-4,12-15H,2,5-11H2,1H3,(H,23,26)/t12-,13?,14?,15?,21?/m0/s1. The molecule has 4 aliphatic rings. The maximum Gasteiger partial charge on any atom is 0.307 e. The first kappa shape index (κ1) is 19.9. The third-order valence-electron chi connectivity index (χ3n) is 6.51. The van der Waals surface area contributed by atoms with Crippen LogP contribution in [0, 0.1) is 17.8 Å². The molecule has 0 aliphatic heterocycles. The van der Waals surface area contributed by atoms with Crippen molar-refractivity contribution in [1.82, 2.24) is 5.32 Å². The maximum atomic E-state index is 12.7. The second kappa shape index (κ2) is 7.79. The van der Waals surface area contributed by atoms with Gasteiger partial charge in [0, 0.05) is 12.0 Å². The fraction of sp³-hybridized carbons (Fsp3) is 0.667. The van der Waals surface area contributed by atoms with Crippen molar-refractivity contribution in [3.8, 4) is 0 Å². The van der Waals surface area contributed by atoms with Crippen LogP contribution >= 0.6 is 22.9 Å². The number of carbonyl (C=O) groups excluding carboxylic acids is 3. The number of nitrogens with one attached hydrogen (secondary N) is 1. The van der Waals surface area contributed by atoms with Crippen LogP contribution in [0.2, 0.25) is 4.34 Å². The molecule has 1 amide bonds. The van der Waals surface area contributed by atoms with Gasteiger partial charge in [0.25, 0.3) is 5.91 Å². The monoisotopic (exact) mass is 423 g/mol. The average Bonchev–Trinajstić information content (AvgIpc) is 3.04. The van der Waals surface area contributed by atoms with E-state index in [2.05, 4.69) is 5.32 Å². The number of hydrogen-bond donors (Lipinski definition) is 1. The number of hydrogen-bond acceptors (Lipinski definition) is 5. The number of ether oxygens (including phenoxy) is 1. The minimum atomic E-state index is -0.841. The highest BCUT2D eigenvalue weighted by atomic mass is 35.5. The minimum Gasteiger partial charge on any atom is -0.453 e. The van der Waals surface area contributed by atoms with Gasteiger partial charge in [-0.05, 0) is 75.3 Å². The molecule has 0 radical (unpaired) electrons. The zero-order valence-electron chi connectivity index (χ0n) is 16.0. The SMILES string of the molecule is C[C@H](OC(=O)CCC(=O)c1ccc(Cl)s1)C(=O)NC12CC3CC(CC(C3)C1)C2. The number of carbonyl (C=O) groups is 3. The van der Waals surface area contributed by atoms with E-state index in [1.54, 1.807) is 19.1 Å². The molecule has 152 valence electrons. The van der Waals surface area contributed by atoms with E-state index in [9.17, 15) is 14.4 Å². The predicted molar refractivity (Wildman–Crippen MR) is 107 cm³/mol. The lowest BCUT2D eigenvalue weighted by Crippen LogP contribution is -2.61. The molecule has 0 aromatic carbocycles. The van der Waals surface area contributed by atoms with Gasteiger partial charge in [-0.15, -0.1) is 11.3 Å². The molecular formula is C21H26ClNO4S. The fourth-order valence-corrected chi connectivity index (χ4v) is 6.75. The van der Waals surface area contributed by atoms with Gasteiger partial charge in [-0.25, -0.2) is 0 Å². The van der Waals surface area contributed by atoms with Crippen LogP contribution in [-0.4, -0.2) is 29.3 Å². The van der Waals surface area contributed by atoms with Crippen molar-refractivity contribution < 1.29 is 19.1 Å². The summed E-state index contributed by atoms with van der Waals surface area (Å²) in [4.78, 5) is 37.3. The fourth-order valence-electron chi connectivity index (χ4n) is 5.74. The van der Waals surface area contributed by atoms with Gasteiger partial charge in [0.2, 0.25) is 0 Å². The summed E-state index contributed by atoms with van der Waals surface area (Å²) < 4.78 is 5.83. The van der Waals surface area contributed by atoms with E-state index in [4.69, 9.17) is 16.3 Å². The third kappa shape index (κ3) is 4.28. The molecule has 1 atom stereocenters. The van der Waals surface area contributed by atoms with Crippen molar-refractivity contribution >= 4 is 40.6 Å². The zero-order chi connectivity index (χ0) is 19.9. The Kier molecular flexibility index (Phi) is 5.53. The first-order valence-electron chi connectivity index (χ1n) is 10.1. The van der Waals surface area contributed by atoms with E-state index in [0.717, 1.165) is 37.0 Å². The Labute approximate surface area is 174 Å². The summed E-state index contributed by atoms with van der Waals surface area (Å²) in [5.41, 5.74) is -0.0963. The van der Waals surface area contributed by atoms with Crippen molar-refractivity contribution in [3.05, 3.63) is 21.3 Å². The number of amides is 1. The number of Topliss-reactive ketones (excluding diaryl/α,β-unsaturated/α-hetero) is 1. The number of thiophene rings is 1. The summed E-state index contributed by atoms with van der Waals surface area (Å²) in [6.07, 6.45) is 6.28. The lowest BCUT2D eigenvalue weighted by molar-refractivity contribution is -0.156. The minimum absolute atomic E-state index is 0.0384. The molecule has 4 fully saturated rings. The molecule has 1 aromatic heterocycles. The van der Waals surface area contributed by atoms with Crippen LogP contribution in [-0.2, 0) is 14.3 Å². The summed E-state index contributed by atoms with van der Waals surface area (Å²) in [5, 5.41) is 3.23. The van der Waals surface area contributed by atoms with Crippen molar-refractivity contribution in [3.63, 3.8) is 0 Å². The maximum absolute atomic E-state index is 12.7. The number of ketones is 1. The van der Waals surface area contributed by atoms with Crippen molar-refractivity contribution in [2.24, 2.45) is 17.8 Å². The van der Waals surface area contributed by atoms with Crippen molar-refractivity contribution in [2.45, 2.75) is 69.9 Å². The van der Waals surface area contributed by atoms with Gasteiger partial charge in [0.1, 0.15) is 0 Å². The van der Waals surface area contributed by atoms with E-state index in [1.807, 2.05) is 0 Å². The number of halogens is 1. The van der Waals surface area contributed by atoms with E-state index in [0.29, 0.717) is 9.21 Å². The van der Waals surface area contributed by atoms with E-state index >= 15 is 0 Å². The summed E-state index contributed by atoms with van der Waals surface area (Å²) in [5.74, 6) is 1.33. The molecule has 1 heterocycles. The first-order valence-corrected chi connectivity index (χ1v) is 11.3. The van der Waals surface area contributed by atoms with Gasteiger partial charge < -0.3 is 10.1 Å². The van der Waals surface area contributed by atoms with Crippen LogP contribution in [0.5, 0.6) is 0 Å². The predicted octanol–water partition coefficient (Wildman–Crippen LogP) is 4.38. The Morgan fingerprint density at radius 1 is 1.14 bits per heavy atom. The molecule has 5 rings (SSSR count). The first-order chi connectivity index (χ1) is 13.3. The Balaban J connectivity index is 1.25. The molecule has 5 nitrogen and oxygen atoms in total. The van der Waals surface area contributed by atoms with Crippen LogP contribution < -0.4 is 5.32 Å². The van der Waals surface area contributed by atoms with Crippen molar-refractivity contribution in [2.75, 3.05) is 0 Å². The van der Waals surface area contributed by atoms with Crippen LogP contribution in [0.15, 0.2) is 12.1 Å². The number of esters is 1. The molecule has 0 unspecified atom stereocenters. The molecule has 0 saturated heterocycles. The molecule has 28 heavy (non-hydrogen) atoms. The Morgan fingerprint density at radius 3 is 2.29 bits per heavy atom. The molecule has 4 aliphatic carbocycles. The largest absolute Gasteiger partial charge is 0.453 e. The highest BCUT2D eigenvalue weighted by Gasteiger charge is 2.51. The Hall–Kier alpha value is -1.40. The van der Waals surface area contributed by atoms with Crippen LogP contribution in [0.1, 0.15) is 68.0 Å². The molecule has 1 N–H and O–H groups in total. The summed E-state index contributed by atoms with van der Waals surface area (Å²) in [7, 11) is 0. The summed E-state index contributed by atoms with van der Waals surface area (Å²) in [6, 6.07) is 3.32. The molecular weight excluding hydrogens is 398 g/mol. The second-order valence-corrected chi connectivity index (χ2v) is 10.6. The second-order valence-electron chi connectivity index (χ2n) is 8.85. The average molecular weight is 424 g/mol. The number of rotatable bonds is 7. The third-order valence-corrected chi connectivity index (χ3v) is 7.78. The van der Waals surface area contributed by atoms with Gasteiger partial charge in [-0.3, -0.25) is 14.4 Å². The van der Waals surface area contributed by atoms with Gasteiger partial charge in [-0.1, -0.05) is 11.6 Å². The zero-order valence-corrected chi connectivity index (χ0v) is 17.6. The smallest absolute Gasteiger partial charge is 0.307 e. The van der Waals surface area contributed by atoms with Crippen LogP contribution in [0.3, 0.4) is 0 Å². The normalized spacial score (nSPS) is 31.4. The summed E-state index contributed by atoms with van der Waals surface area (Å²) >= 11 is 7.03. The molecule has 0 spiro atoms. The molecule has 4 bridgehead atoms.